The number of benzene rings is 4. The van der Waals surface area contributed by atoms with Crippen LogP contribution in [0.25, 0.3) is 67.5 Å². The standard InChI is InChI=1S/C24H15F3N6O.C21H18F2N4O3.C20H15F2N5O2/c1-13-19(24(34)30-16-7-5-15(25)6-8-16)11-14(12-28-13)17-9-10-29-33-22(17)31-32-23(33)18-3-2-4-20(26)21(18)27;1-3-30-21(29)16-9-13(10-24-12(16)2)14-7-8-26-27-18(14)11-25-20(28)15-5-4-6-17(22)19(15)23;1-3-29-20(28)15-9-12(10-23-11(15)2)13-7-8-24-27-18(13)25-26-19(27)14-5-4-6-16(21)17(14)22/h2-12H,1H3,(H,30,34);4-10H,3,11H2,1-2H3,(H,25,28);4-10H,3H2,1-2H3. The molecule has 0 unspecified atom stereocenters. The Morgan fingerprint density at radius 2 is 0.914 bits per heavy atom. The van der Waals surface area contributed by atoms with E-state index in [-0.39, 0.29) is 48.2 Å². The molecule has 468 valence electrons. The van der Waals surface area contributed by atoms with Gasteiger partial charge in [-0.15, -0.1) is 20.4 Å². The van der Waals surface area contributed by atoms with Crippen LogP contribution in [0, 0.1) is 61.5 Å². The molecule has 28 heteroatoms. The summed E-state index contributed by atoms with van der Waals surface area (Å²) >= 11 is 0. The normalized spacial score (nSPS) is 10.9. The van der Waals surface area contributed by atoms with Gasteiger partial charge in [0.1, 0.15) is 5.82 Å². The summed E-state index contributed by atoms with van der Waals surface area (Å²) in [5, 5.41) is 37.6. The van der Waals surface area contributed by atoms with E-state index in [4.69, 9.17) is 9.47 Å². The van der Waals surface area contributed by atoms with Gasteiger partial charge in [0.05, 0.1) is 82.1 Å². The molecule has 93 heavy (non-hydrogen) atoms. The molecule has 8 heterocycles. The number of esters is 2. The Morgan fingerprint density at radius 3 is 1.42 bits per heavy atom. The molecule has 0 bridgehead atoms. The second-order valence-electron chi connectivity index (χ2n) is 19.9. The second kappa shape index (κ2) is 28.2. The zero-order valence-electron chi connectivity index (χ0n) is 49.5. The van der Waals surface area contributed by atoms with E-state index in [0.29, 0.717) is 84.2 Å². The van der Waals surface area contributed by atoms with Crippen molar-refractivity contribution < 1.29 is 59.4 Å². The van der Waals surface area contributed by atoms with Gasteiger partial charge in [-0.1, -0.05) is 18.2 Å². The average molecular weight is 1270 g/mol. The van der Waals surface area contributed by atoms with Gasteiger partial charge in [0, 0.05) is 70.1 Å². The SMILES string of the molecule is CCOC(=O)c1cc(-c2ccnn3c(-c4cccc(F)c4F)nnc23)cnc1C.CCOC(=O)c1cc(-c2ccnnc2CNC(=O)c2cccc(F)c2F)cnc1C.Cc1ncc(-c2ccnn3c(-c4cccc(F)c4F)nnc23)cc1C(=O)Nc1ccc(F)cc1. The van der Waals surface area contributed by atoms with E-state index in [2.05, 4.69) is 66.4 Å². The fourth-order valence-corrected chi connectivity index (χ4v) is 9.28. The first-order chi connectivity index (χ1) is 44.8. The molecule has 21 nitrogen and oxygen atoms in total. The quantitative estimate of drug-likeness (QED) is 0.0757. The van der Waals surface area contributed by atoms with Gasteiger partial charge in [-0.05, 0) is 132 Å². The van der Waals surface area contributed by atoms with E-state index in [0.717, 1.165) is 18.2 Å². The summed E-state index contributed by atoms with van der Waals surface area (Å²) in [4.78, 5) is 62.3. The first kappa shape index (κ1) is 63.9. The number of halogens is 7. The number of aryl methyl sites for hydroxylation is 3. The number of rotatable bonds is 14. The van der Waals surface area contributed by atoms with Crippen LogP contribution in [0.5, 0.6) is 0 Å². The highest BCUT2D eigenvalue weighted by molar-refractivity contribution is 6.06. The van der Waals surface area contributed by atoms with E-state index < -0.39 is 70.0 Å². The second-order valence-corrected chi connectivity index (χ2v) is 19.9. The van der Waals surface area contributed by atoms with Crippen LogP contribution in [0.15, 0.2) is 152 Å². The van der Waals surface area contributed by atoms with Crippen LogP contribution in [-0.4, -0.2) is 102 Å². The Balaban J connectivity index is 0.000000153. The maximum Gasteiger partial charge on any atom is 0.339 e. The Labute approximate surface area is 522 Å². The predicted molar refractivity (Wildman–Crippen MR) is 322 cm³/mol. The summed E-state index contributed by atoms with van der Waals surface area (Å²) in [6, 6.07) is 26.2. The van der Waals surface area contributed by atoms with E-state index in [9.17, 15) is 49.9 Å². The zero-order chi connectivity index (χ0) is 66.0. The lowest BCUT2D eigenvalue weighted by atomic mass is 10.0. The lowest BCUT2D eigenvalue weighted by Gasteiger charge is -2.11. The minimum Gasteiger partial charge on any atom is -0.462 e. The number of ether oxygens (including phenoxy) is 2. The molecule has 2 N–H and O–H groups in total. The largest absolute Gasteiger partial charge is 0.462 e. The van der Waals surface area contributed by atoms with Crippen LogP contribution in [0.4, 0.5) is 36.4 Å². The summed E-state index contributed by atoms with van der Waals surface area (Å²) in [5.41, 5.74) is 6.67. The fraction of sp³-hybridized carbons (Fsp3) is 0.123. The van der Waals surface area contributed by atoms with E-state index in [1.807, 2.05) is 0 Å². The lowest BCUT2D eigenvalue weighted by Crippen LogP contribution is -2.25. The van der Waals surface area contributed by atoms with Crippen molar-refractivity contribution >= 4 is 40.7 Å². The first-order valence-corrected chi connectivity index (χ1v) is 28.0. The van der Waals surface area contributed by atoms with Crippen molar-refractivity contribution in [2.75, 3.05) is 18.5 Å². The number of hydrogen-bond acceptors (Lipinski definition) is 17. The summed E-state index contributed by atoms with van der Waals surface area (Å²) in [6.45, 7) is 8.89. The molecule has 0 radical (unpaired) electrons. The van der Waals surface area contributed by atoms with Gasteiger partial charge in [0.2, 0.25) is 0 Å². The number of hydrogen-bond donors (Lipinski definition) is 2. The van der Waals surface area contributed by atoms with E-state index in [1.165, 1.54) is 88.3 Å². The average Bonchev–Trinajstić information content (AvgIpc) is 1.61. The molecule has 0 spiro atoms. The van der Waals surface area contributed by atoms with Crippen LogP contribution < -0.4 is 10.6 Å². The van der Waals surface area contributed by atoms with Crippen molar-refractivity contribution in [3.8, 4) is 56.2 Å². The van der Waals surface area contributed by atoms with Crippen molar-refractivity contribution in [1.29, 1.82) is 0 Å². The van der Waals surface area contributed by atoms with Gasteiger partial charge in [0.15, 0.2) is 57.8 Å². The molecule has 0 saturated carbocycles. The number of pyridine rings is 3. The van der Waals surface area contributed by atoms with E-state index in [1.54, 1.807) is 89.6 Å². The molecular weight excluding hydrogens is 1220 g/mol. The number of aromatic nitrogens is 13. The summed E-state index contributed by atoms with van der Waals surface area (Å²) in [5.74, 6) is -8.94. The lowest BCUT2D eigenvalue weighted by molar-refractivity contribution is 0.0515. The summed E-state index contributed by atoms with van der Waals surface area (Å²) < 4.78 is 109. The van der Waals surface area contributed by atoms with Crippen molar-refractivity contribution in [2.45, 2.75) is 41.2 Å². The van der Waals surface area contributed by atoms with Crippen molar-refractivity contribution in [3.63, 3.8) is 0 Å². The highest BCUT2D eigenvalue weighted by Gasteiger charge is 2.24. The number of nitrogens with zero attached hydrogens (tertiary/aromatic N) is 13. The smallest absolute Gasteiger partial charge is 0.339 e. The van der Waals surface area contributed by atoms with Crippen molar-refractivity contribution in [1.82, 2.24) is 70.1 Å². The molecule has 0 saturated heterocycles. The molecule has 0 fully saturated rings. The Kier molecular flexibility index (Phi) is 19.4. The van der Waals surface area contributed by atoms with Crippen molar-refractivity contribution in [2.24, 2.45) is 0 Å². The van der Waals surface area contributed by atoms with Crippen LogP contribution >= 0.6 is 0 Å². The van der Waals surface area contributed by atoms with Gasteiger partial charge in [-0.25, -0.2) is 40.3 Å². The first-order valence-electron chi connectivity index (χ1n) is 28.0. The minimum atomic E-state index is -1.23. The van der Waals surface area contributed by atoms with Gasteiger partial charge in [0.25, 0.3) is 11.8 Å². The van der Waals surface area contributed by atoms with Crippen LogP contribution in [0.3, 0.4) is 0 Å². The summed E-state index contributed by atoms with van der Waals surface area (Å²) in [7, 11) is 0. The third-order valence-electron chi connectivity index (χ3n) is 13.9. The monoisotopic (exact) mass is 1270 g/mol. The van der Waals surface area contributed by atoms with Crippen molar-refractivity contribution in [3.05, 3.63) is 238 Å². The molecule has 8 aromatic heterocycles. The maximum absolute atomic E-state index is 14.3. The number of carbonyl (C=O) groups excluding carboxylic acids is 4. The highest BCUT2D eigenvalue weighted by Crippen LogP contribution is 2.32. The Bertz CT molecular complexity index is 4840. The zero-order valence-corrected chi connectivity index (χ0v) is 49.5. The maximum atomic E-state index is 14.3. The van der Waals surface area contributed by atoms with Gasteiger partial charge < -0.3 is 20.1 Å². The van der Waals surface area contributed by atoms with Crippen LogP contribution in [0.2, 0.25) is 0 Å². The molecule has 12 aromatic rings. The minimum absolute atomic E-state index is 0.0307. The molecule has 12 rings (SSSR count). The Hall–Kier alpha value is -12.1. The van der Waals surface area contributed by atoms with Gasteiger partial charge in [-0.3, -0.25) is 24.5 Å². The number of amides is 2. The van der Waals surface area contributed by atoms with Gasteiger partial charge >= 0.3 is 11.9 Å². The number of fused-ring (bicyclic) bond motifs is 2. The fourth-order valence-electron chi connectivity index (χ4n) is 9.28. The highest BCUT2D eigenvalue weighted by atomic mass is 19.2. The topological polar surface area (TPSA) is 261 Å². The molecular formula is C65H48F7N15O6. The molecule has 0 atom stereocenters. The molecule has 0 aliphatic heterocycles. The predicted octanol–water partition coefficient (Wildman–Crippen LogP) is 11.7. The molecule has 4 aromatic carbocycles. The number of nitrogens with one attached hydrogen (secondary N) is 2. The third-order valence-corrected chi connectivity index (χ3v) is 13.9. The molecule has 0 aliphatic rings. The Morgan fingerprint density at radius 1 is 0.462 bits per heavy atom. The number of carbonyl (C=O) groups is 4. The molecule has 2 amide bonds. The van der Waals surface area contributed by atoms with Crippen LogP contribution in [-0.2, 0) is 16.0 Å². The van der Waals surface area contributed by atoms with Gasteiger partial charge in [-0.2, -0.15) is 29.4 Å². The molecule has 0 aliphatic carbocycles. The van der Waals surface area contributed by atoms with E-state index >= 15 is 0 Å². The third kappa shape index (κ3) is 13.9. The summed E-state index contributed by atoms with van der Waals surface area (Å²) in [6.07, 6.45) is 9.12. The number of anilines is 1. The van der Waals surface area contributed by atoms with Crippen LogP contribution in [0.1, 0.15) is 78.1 Å².